The van der Waals surface area contributed by atoms with Crippen LogP contribution in [0.1, 0.15) is 33.4 Å². The number of carbonyl (C=O) groups is 1. The highest BCUT2D eigenvalue weighted by molar-refractivity contribution is 6.42. The molecule has 0 aliphatic carbocycles. The Morgan fingerprint density at radius 2 is 1.86 bits per heavy atom. The number of aromatic nitrogens is 4. The molecule has 29 heavy (non-hydrogen) atoms. The van der Waals surface area contributed by atoms with Crippen LogP contribution in [0.2, 0.25) is 10.0 Å². The predicted octanol–water partition coefficient (Wildman–Crippen LogP) is 4.67. The van der Waals surface area contributed by atoms with Crippen molar-refractivity contribution in [2.24, 2.45) is 0 Å². The summed E-state index contributed by atoms with van der Waals surface area (Å²) in [4.78, 5) is 21.2. The molecule has 1 N–H and O–H groups in total. The molecule has 2 heterocycles. The Morgan fingerprint density at radius 3 is 2.52 bits per heavy atom. The minimum absolute atomic E-state index is 0.226. The maximum Gasteiger partial charge on any atom is 0.266 e. The molecule has 0 saturated carbocycles. The van der Waals surface area contributed by atoms with E-state index in [-0.39, 0.29) is 16.3 Å². The molecule has 1 atom stereocenters. The fourth-order valence-electron chi connectivity index (χ4n) is 2.44. The second kappa shape index (κ2) is 8.39. The monoisotopic (exact) mass is 433 g/mol. The van der Waals surface area contributed by atoms with Crippen LogP contribution in [0.5, 0.6) is 5.75 Å². The van der Waals surface area contributed by atoms with Crippen molar-refractivity contribution in [3.05, 3.63) is 58.5 Å². The SMILES string of the molecule is CC(Oc1cccc(Cl)c1Cl)C(=O)Nc1cc(C(C)(C)C)nn1-c1ncccn1. The van der Waals surface area contributed by atoms with Crippen molar-refractivity contribution in [3.8, 4) is 11.7 Å². The Bertz CT molecular complexity index is 1020. The number of benzene rings is 1. The molecule has 0 bridgehead atoms. The summed E-state index contributed by atoms with van der Waals surface area (Å²) in [5.41, 5.74) is 0.558. The maximum absolute atomic E-state index is 12.8. The predicted molar refractivity (Wildman–Crippen MR) is 113 cm³/mol. The number of ether oxygens (including phenoxy) is 1. The van der Waals surface area contributed by atoms with Crippen molar-refractivity contribution in [2.75, 3.05) is 5.32 Å². The third kappa shape index (κ3) is 4.86. The third-order valence-corrected chi connectivity index (χ3v) is 4.86. The van der Waals surface area contributed by atoms with E-state index in [1.807, 2.05) is 20.8 Å². The number of anilines is 1. The zero-order chi connectivity index (χ0) is 21.2. The Kier molecular flexibility index (Phi) is 6.10. The highest BCUT2D eigenvalue weighted by atomic mass is 35.5. The van der Waals surface area contributed by atoms with Gasteiger partial charge in [0, 0.05) is 23.9 Å². The molecule has 3 rings (SSSR count). The average molecular weight is 434 g/mol. The van der Waals surface area contributed by atoms with E-state index in [2.05, 4.69) is 20.4 Å². The van der Waals surface area contributed by atoms with Gasteiger partial charge >= 0.3 is 0 Å². The van der Waals surface area contributed by atoms with Crippen molar-refractivity contribution < 1.29 is 9.53 Å². The van der Waals surface area contributed by atoms with Gasteiger partial charge in [-0.05, 0) is 25.1 Å². The smallest absolute Gasteiger partial charge is 0.266 e. The number of hydrogen-bond donors (Lipinski definition) is 1. The molecular formula is C20H21Cl2N5O2. The van der Waals surface area contributed by atoms with Gasteiger partial charge in [0.2, 0.25) is 0 Å². The van der Waals surface area contributed by atoms with E-state index in [0.717, 1.165) is 5.69 Å². The van der Waals surface area contributed by atoms with Crippen molar-refractivity contribution in [2.45, 2.75) is 39.2 Å². The fourth-order valence-corrected chi connectivity index (χ4v) is 2.77. The van der Waals surface area contributed by atoms with Crippen molar-refractivity contribution in [1.29, 1.82) is 0 Å². The molecule has 0 spiro atoms. The van der Waals surface area contributed by atoms with E-state index < -0.39 is 6.10 Å². The number of hydrogen-bond acceptors (Lipinski definition) is 5. The second-order valence-electron chi connectivity index (χ2n) is 7.43. The van der Waals surface area contributed by atoms with Crippen LogP contribution in [-0.2, 0) is 10.2 Å². The summed E-state index contributed by atoms with van der Waals surface area (Å²) in [6, 6.07) is 8.51. The Balaban J connectivity index is 1.85. The number of nitrogens with zero attached hydrogens (tertiary/aromatic N) is 4. The van der Waals surface area contributed by atoms with Gasteiger partial charge in [-0.2, -0.15) is 9.78 Å². The molecule has 1 unspecified atom stereocenters. The normalized spacial score (nSPS) is 12.5. The third-order valence-electron chi connectivity index (χ3n) is 4.06. The Hall–Kier alpha value is -2.64. The van der Waals surface area contributed by atoms with Crippen LogP contribution >= 0.6 is 23.2 Å². The summed E-state index contributed by atoms with van der Waals surface area (Å²) in [7, 11) is 0. The Morgan fingerprint density at radius 1 is 1.17 bits per heavy atom. The van der Waals surface area contributed by atoms with Gasteiger partial charge in [-0.3, -0.25) is 4.79 Å². The molecule has 1 aromatic carbocycles. The van der Waals surface area contributed by atoms with Crippen molar-refractivity contribution in [1.82, 2.24) is 19.7 Å². The van der Waals surface area contributed by atoms with Gasteiger partial charge in [0.25, 0.3) is 11.9 Å². The van der Waals surface area contributed by atoms with Crippen LogP contribution in [0, 0.1) is 0 Å². The van der Waals surface area contributed by atoms with E-state index in [1.54, 1.807) is 49.6 Å². The molecule has 0 aliphatic heterocycles. The van der Waals surface area contributed by atoms with E-state index in [4.69, 9.17) is 27.9 Å². The number of rotatable bonds is 5. The van der Waals surface area contributed by atoms with Gasteiger partial charge in [-0.1, -0.05) is 50.0 Å². The molecule has 3 aromatic rings. The van der Waals surface area contributed by atoms with Crippen LogP contribution in [0.25, 0.3) is 5.95 Å². The summed E-state index contributed by atoms with van der Waals surface area (Å²) in [6.07, 6.45) is 2.39. The zero-order valence-electron chi connectivity index (χ0n) is 16.5. The number of amides is 1. The summed E-state index contributed by atoms with van der Waals surface area (Å²) in [6.45, 7) is 7.72. The molecule has 1 amide bonds. The van der Waals surface area contributed by atoms with Gasteiger partial charge in [0.15, 0.2) is 6.10 Å². The second-order valence-corrected chi connectivity index (χ2v) is 8.21. The van der Waals surface area contributed by atoms with Crippen LogP contribution < -0.4 is 10.1 Å². The lowest BCUT2D eigenvalue weighted by atomic mass is 9.92. The minimum Gasteiger partial charge on any atom is -0.479 e. The van der Waals surface area contributed by atoms with Crippen LogP contribution in [0.15, 0.2) is 42.7 Å². The van der Waals surface area contributed by atoms with Gasteiger partial charge < -0.3 is 10.1 Å². The van der Waals surface area contributed by atoms with Gasteiger partial charge in [0.05, 0.1) is 10.7 Å². The minimum atomic E-state index is -0.830. The average Bonchev–Trinajstić information content (AvgIpc) is 3.10. The quantitative estimate of drug-likeness (QED) is 0.631. The molecule has 7 nitrogen and oxygen atoms in total. The first-order valence-corrected chi connectivity index (χ1v) is 9.72. The molecular weight excluding hydrogens is 413 g/mol. The van der Waals surface area contributed by atoms with Crippen LogP contribution in [0.3, 0.4) is 0 Å². The molecule has 0 fully saturated rings. The summed E-state index contributed by atoms with van der Waals surface area (Å²) in [5.74, 6) is 0.749. The molecule has 0 saturated heterocycles. The lowest BCUT2D eigenvalue weighted by Gasteiger charge is -2.16. The molecule has 0 radical (unpaired) electrons. The first-order valence-electron chi connectivity index (χ1n) is 8.96. The Labute approximate surface area is 179 Å². The standard InChI is InChI=1S/C20H21Cl2N5O2/c1-12(29-14-8-5-7-13(21)17(14)22)18(28)25-16-11-15(20(2,3)4)26-27(16)19-23-9-6-10-24-19/h5-12H,1-4H3,(H,25,28). The number of carbonyl (C=O) groups excluding carboxylic acids is 1. The maximum atomic E-state index is 12.8. The van der Waals surface area contributed by atoms with Crippen LogP contribution in [0.4, 0.5) is 5.82 Å². The summed E-state index contributed by atoms with van der Waals surface area (Å²) >= 11 is 12.1. The van der Waals surface area contributed by atoms with Gasteiger partial charge in [-0.25, -0.2) is 9.97 Å². The summed E-state index contributed by atoms with van der Waals surface area (Å²) < 4.78 is 7.19. The zero-order valence-corrected chi connectivity index (χ0v) is 18.0. The largest absolute Gasteiger partial charge is 0.479 e. The van der Waals surface area contributed by atoms with Gasteiger partial charge in [-0.15, -0.1) is 0 Å². The molecule has 9 heteroatoms. The highest BCUT2D eigenvalue weighted by Gasteiger charge is 2.24. The van der Waals surface area contributed by atoms with E-state index in [9.17, 15) is 4.79 Å². The lowest BCUT2D eigenvalue weighted by molar-refractivity contribution is -0.122. The fraction of sp³-hybridized carbons (Fsp3) is 0.300. The molecule has 0 aliphatic rings. The number of halogens is 2. The first kappa shape index (κ1) is 21.1. The van der Waals surface area contributed by atoms with Crippen molar-refractivity contribution >= 4 is 34.9 Å². The highest BCUT2D eigenvalue weighted by Crippen LogP contribution is 2.32. The van der Waals surface area contributed by atoms with E-state index >= 15 is 0 Å². The van der Waals surface area contributed by atoms with Crippen molar-refractivity contribution in [3.63, 3.8) is 0 Å². The molecule has 2 aromatic heterocycles. The van der Waals surface area contributed by atoms with Crippen LogP contribution in [-0.4, -0.2) is 31.8 Å². The first-order chi connectivity index (χ1) is 13.7. The topological polar surface area (TPSA) is 81.9 Å². The number of nitrogens with one attached hydrogen (secondary N) is 1. The van der Waals surface area contributed by atoms with Gasteiger partial charge in [0.1, 0.15) is 16.6 Å². The lowest BCUT2D eigenvalue weighted by Crippen LogP contribution is -2.31. The molecule has 152 valence electrons. The van der Waals surface area contributed by atoms with E-state index in [1.165, 1.54) is 4.68 Å². The summed E-state index contributed by atoms with van der Waals surface area (Å²) in [5, 5.41) is 8.02. The van der Waals surface area contributed by atoms with E-state index in [0.29, 0.717) is 22.5 Å².